The zero-order chi connectivity index (χ0) is 9.14. The molecule has 0 aliphatic heterocycles. The van der Waals surface area contributed by atoms with Crippen LogP contribution in [0.25, 0.3) is 0 Å². The van der Waals surface area contributed by atoms with Crippen molar-refractivity contribution in [1.82, 2.24) is 0 Å². The lowest BCUT2D eigenvalue weighted by Gasteiger charge is -2.00. The summed E-state index contributed by atoms with van der Waals surface area (Å²) in [6.45, 7) is 0. The minimum atomic E-state index is -3.04. The molecule has 1 aromatic carbocycles. The maximum Gasteiger partial charge on any atom is 0.299 e. The van der Waals surface area contributed by atoms with E-state index in [1.165, 1.54) is 6.07 Å². The van der Waals surface area contributed by atoms with Gasteiger partial charge in [0.1, 0.15) is 5.75 Å². The standard InChI is InChI=1S/C6H6O5S/c7-4-1-2-6(5(8)3-4)11-12(9)10/h1-3,7-8,12H. The zero-order valence-electron chi connectivity index (χ0n) is 5.80. The highest BCUT2D eigenvalue weighted by atomic mass is 32.2. The molecule has 0 aliphatic rings. The Morgan fingerprint density at radius 1 is 1.25 bits per heavy atom. The summed E-state index contributed by atoms with van der Waals surface area (Å²) in [5, 5.41) is 17.8. The molecular formula is C6H6O5S. The molecule has 0 fully saturated rings. The van der Waals surface area contributed by atoms with Crippen molar-refractivity contribution < 1.29 is 22.8 Å². The van der Waals surface area contributed by atoms with E-state index in [9.17, 15) is 8.42 Å². The maximum absolute atomic E-state index is 10.0. The van der Waals surface area contributed by atoms with E-state index >= 15 is 0 Å². The molecule has 0 radical (unpaired) electrons. The first-order chi connectivity index (χ1) is 5.59. The average molecular weight is 190 g/mol. The van der Waals surface area contributed by atoms with E-state index in [0.717, 1.165) is 12.1 Å². The van der Waals surface area contributed by atoms with Crippen LogP contribution in [0.5, 0.6) is 17.2 Å². The van der Waals surface area contributed by atoms with Crippen molar-refractivity contribution in [3.05, 3.63) is 18.2 Å². The summed E-state index contributed by atoms with van der Waals surface area (Å²) in [4.78, 5) is 0. The third kappa shape index (κ3) is 2.03. The number of aromatic hydroxyl groups is 2. The predicted molar refractivity (Wildman–Crippen MR) is 40.7 cm³/mol. The normalized spacial score (nSPS) is 10.1. The molecule has 0 aromatic heterocycles. The van der Waals surface area contributed by atoms with Gasteiger partial charge in [0, 0.05) is 6.07 Å². The molecule has 2 N–H and O–H groups in total. The van der Waals surface area contributed by atoms with Gasteiger partial charge in [-0.2, -0.15) is 8.42 Å². The Kier molecular flexibility index (Phi) is 2.39. The first-order valence-corrected chi connectivity index (χ1v) is 4.03. The first-order valence-electron chi connectivity index (χ1n) is 2.94. The van der Waals surface area contributed by atoms with Crippen molar-refractivity contribution in [2.45, 2.75) is 0 Å². The van der Waals surface area contributed by atoms with E-state index in [-0.39, 0.29) is 11.5 Å². The number of hydrogen-bond acceptors (Lipinski definition) is 5. The fourth-order valence-electron chi connectivity index (χ4n) is 0.663. The predicted octanol–water partition coefficient (Wildman–Crippen LogP) is 0.00300. The second-order valence-electron chi connectivity index (χ2n) is 1.97. The van der Waals surface area contributed by atoms with Gasteiger partial charge in [-0.1, -0.05) is 0 Å². The van der Waals surface area contributed by atoms with Gasteiger partial charge in [0.25, 0.3) is 11.0 Å². The molecule has 1 aromatic rings. The lowest BCUT2D eigenvalue weighted by atomic mass is 10.3. The number of benzene rings is 1. The number of hydrogen-bond donors (Lipinski definition) is 3. The van der Waals surface area contributed by atoms with Crippen LogP contribution in [0.15, 0.2) is 18.2 Å². The molecule has 0 saturated heterocycles. The van der Waals surface area contributed by atoms with Gasteiger partial charge in [0.2, 0.25) is 0 Å². The van der Waals surface area contributed by atoms with Gasteiger partial charge >= 0.3 is 0 Å². The molecule has 5 nitrogen and oxygen atoms in total. The molecule has 0 amide bonds. The number of phenols is 2. The van der Waals surface area contributed by atoms with Gasteiger partial charge < -0.3 is 14.4 Å². The zero-order valence-corrected chi connectivity index (χ0v) is 6.69. The van der Waals surface area contributed by atoms with E-state index in [1.807, 2.05) is 0 Å². The fraction of sp³-hybridized carbons (Fsp3) is 0. The third-order valence-corrected chi connectivity index (χ3v) is 1.46. The van der Waals surface area contributed by atoms with Gasteiger partial charge in [-0.25, -0.2) is 0 Å². The van der Waals surface area contributed by atoms with Crippen LogP contribution in [0.4, 0.5) is 0 Å². The van der Waals surface area contributed by atoms with Crippen molar-refractivity contribution in [1.29, 1.82) is 0 Å². The second kappa shape index (κ2) is 3.31. The maximum atomic E-state index is 10.0. The summed E-state index contributed by atoms with van der Waals surface area (Å²) in [6, 6.07) is 3.33. The van der Waals surface area contributed by atoms with Crippen LogP contribution in [0.1, 0.15) is 0 Å². The van der Waals surface area contributed by atoms with Crippen LogP contribution in [0.2, 0.25) is 0 Å². The SMILES string of the molecule is O=[SH](=O)Oc1ccc(O)cc1O. The lowest BCUT2D eigenvalue weighted by molar-refractivity contribution is 0.424. The van der Waals surface area contributed by atoms with Crippen molar-refractivity contribution >= 4 is 11.0 Å². The van der Waals surface area contributed by atoms with Crippen LogP contribution >= 0.6 is 0 Å². The van der Waals surface area contributed by atoms with Crippen molar-refractivity contribution in [2.75, 3.05) is 0 Å². The summed E-state index contributed by atoms with van der Waals surface area (Å²) in [7, 11) is -3.04. The average Bonchev–Trinajstić information content (AvgIpc) is 1.94. The van der Waals surface area contributed by atoms with Crippen molar-refractivity contribution in [3.63, 3.8) is 0 Å². The third-order valence-electron chi connectivity index (χ3n) is 1.12. The number of rotatable bonds is 2. The summed E-state index contributed by atoms with van der Waals surface area (Å²) >= 11 is 0. The molecule has 0 bridgehead atoms. The van der Waals surface area contributed by atoms with Crippen molar-refractivity contribution in [3.8, 4) is 17.2 Å². The molecule has 1 rings (SSSR count). The van der Waals surface area contributed by atoms with E-state index in [0.29, 0.717) is 0 Å². The van der Waals surface area contributed by atoms with Crippen LogP contribution < -0.4 is 4.18 Å². The minimum Gasteiger partial charge on any atom is -0.508 e. The van der Waals surface area contributed by atoms with Crippen LogP contribution in [-0.2, 0) is 11.0 Å². The largest absolute Gasteiger partial charge is 0.508 e. The van der Waals surface area contributed by atoms with E-state index in [2.05, 4.69) is 4.18 Å². The summed E-state index contributed by atoms with van der Waals surface area (Å²) in [5.74, 6) is -0.793. The quantitative estimate of drug-likeness (QED) is 0.572. The minimum absolute atomic E-state index is 0.166. The Morgan fingerprint density at radius 2 is 1.92 bits per heavy atom. The highest BCUT2D eigenvalue weighted by Crippen LogP contribution is 2.29. The fourth-order valence-corrected chi connectivity index (χ4v) is 0.978. The second-order valence-corrected chi connectivity index (χ2v) is 2.60. The van der Waals surface area contributed by atoms with Gasteiger partial charge in [-0.3, -0.25) is 0 Å². The molecule has 66 valence electrons. The molecule has 0 heterocycles. The topological polar surface area (TPSA) is 83.8 Å². The Morgan fingerprint density at radius 3 is 2.42 bits per heavy atom. The molecular weight excluding hydrogens is 184 g/mol. The number of thiol groups is 1. The smallest absolute Gasteiger partial charge is 0.299 e. The van der Waals surface area contributed by atoms with E-state index in [1.54, 1.807) is 0 Å². The summed E-state index contributed by atoms with van der Waals surface area (Å²) < 4.78 is 24.3. The first kappa shape index (κ1) is 8.66. The van der Waals surface area contributed by atoms with Gasteiger partial charge in [0.15, 0.2) is 11.5 Å². The van der Waals surface area contributed by atoms with Gasteiger partial charge in [-0.05, 0) is 12.1 Å². The molecule has 12 heavy (non-hydrogen) atoms. The van der Waals surface area contributed by atoms with Crippen molar-refractivity contribution in [2.24, 2.45) is 0 Å². The lowest BCUT2D eigenvalue weighted by Crippen LogP contribution is -1.89. The van der Waals surface area contributed by atoms with Crippen LogP contribution in [0.3, 0.4) is 0 Å². The number of phenolic OH excluding ortho intramolecular Hbond substituents is 2. The molecule has 0 unspecified atom stereocenters. The van der Waals surface area contributed by atoms with E-state index < -0.39 is 16.7 Å². The highest BCUT2D eigenvalue weighted by Gasteiger charge is 2.03. The van der Waals surface area contributed by atoms with Crippen LogP contribution in [0, 0.1) is 0 Å². The summed E-state index contributed by atoms with van der Waals surface area (Å²) in [5.41, 5.74) is 0. The molecule has 0 saturated carbocycles. The summed E-state index contributed by atoms with van der Waals surface area (Å²) in [6.07, 6.45) is 0. The monoisotopic (exact) mass is 190 g/mol. The molecule has 0 aliphatic carbocycles. The van der Waals surface area contributed by atoms with Gasteiger partial charge in [0.05, 0.1) is 0 Å². The Bertz CT molecular complexity index is 349. The Hall–Kier alpha value is -1.43. The Balaban J connectivity index is 3.01. The Labute approximate surface area is 70.0 Å². The molecule has 6 heteroatoms. The van der Waals surface area contributed by atoms with E-state index in [4.69, 9.17) is 10.2 Å². The molecule has 0 atom stereocenters. The molecule has 0 spiro atoms. The van der Waals surface area contributed by atoms with Gasteiger partial charge in [-0.15, -0.1) is 0 Å². The van der Waals surface area contributed by atoms with Crippen LogP contribution in [-0.4, -0.2) is 18.6 Å². The highest BCUT2D eigenvalue weighted by molar-refractivity contribution is 7.67.